The summed E-state index contributed by atoms with van der Waals surface area (Å²) in [5, 5.41) is 5.23. The number of nitrogens with one attached hydrogen (secondary N) is 1. The molecule has 0 fully saturated rings. The van der Waals surface area contributed by atoms with Gasteiger partial charge in [-0.25, -0.2) is 0 Å². The molecule has 0 aromatic carbocycles. The Balaban J connectivity index is 2.20. The second-order valence-electron chi connectivity index (χ2n) is 3.99. The van der Waals surface area contributed by atoms with Crippen molar-refractivity contribution in [2.24, 2.45) is 4.99 Å². The van der Waals surface area contributed by atoms with Gasteiger partial charge in [0.05, 0.1) is 6.54 Å². The molecule has 1 N–H and O–H groups in total. The lowest BCUT2D eigenvalue weighted by molar-refractivity contribution is 0.313. The Morgan fingerprint density at radius 3 is 2.86 bits per heavy atom. The SMILES string of the molecule is CCC1CN=C(NCC(C)N(C)C)S1. The first-order valence-corrected chi connectivity index (χ1v) is 6.12. The average molecular weight is 215 g/mol. The van der Waals surface area contributed by atoms with Gasteiger partial charge in [-0.05, 0) is 27.4 Å². The zero-order chi connectivity index (χ0) is 10.6. The average Bonchev–Trinajstić information content (AvgIpc) is 2.61. The van der Waals surface area contributed by atoms with Crippen LogP contribution in [0, 0.1) is 0 Å². The number of nitrogens with zero attached hydrogens (tertiary/aromatic N) is 2. The fourth-order valence-electron chi connectivity index (χ4n) is 1.14. The van der Waals surface area contributed by atoms with Crippen LogP contribution >= 0.6 is 11.8 Å². The lowest BCUT2D eigenvalue weighted by Crippen LogP contribution is -2.37. The van der Waals surface area contributed by atoms with Crippen molar-refractivity contribution in [3.63, 3.8) is 0 Å². The topological polar surface area (TPSA) is 27.6 Å². The standard InChI is InChI=1S/C10H21N3S/c1-5-9-7-12-10(14-9)11-6-8(2)13(3)4/h8-9H,5-7H2,1-4H3,(H,11,12). The molecule has 0 aliphatic carbocycles. The highest BCUT2D eigenvalue weighted by molar-refractivity contribution is 8.14. The number of hydrogen-bond donors (Lipinski definition) is 1. The Bertz CT molecular complexity index is 204. The summed E-state index contributed by atoms with van der Waals surface area (Å²) in [5.41, 5.74) is 0. The van der Waals surface area contributed by atoms with Crippen molar-refractivity contribution >= 4 is 16.9 Å². The molecule has 1 rings (SSSR count). The molecule has 1 aliphatic heterocycles. The highest BCUT2D eigenvalue weighted by Crippen LogP contribution is 2.21. The van der Waals surface area contributed by atoms with Crippen LogP contribution in [0.3, 0.4) is 0 Å². The quantitative estimate of drug-likeness (QED) is 0.768. The van der Waals surface area contributed by atoms with Gasteiger partial charge in [-0.1, -0.05) is 18.7 Å². The van der Waals surface area contributed by atoms with Crippen LogP contribution in [0.4, 0.5) is 0 Å². The lowest BCUT2D eigenvalue weighted by atomic mass is 10.3. The molecular formula is C10H21N3S. The smallest absolute Gasteiger partial charge is 0.156 e. The first kappa shape index (κ1) is 11.9. The maximum absolute atomic E-state index is 4.47. The molecular weight excluding hydrogens is 194 g/mol. The summed E-state index contributed by atoms with van der Waals surface area (Å²) in [6.07, 6.45) is 1.21. The fourth-order valence-corrected chi connectivity index (χ4v) is 2.09. The number of rotatable bonds is 4. The van der Waals surface area contributed by atoms with Crippen molar-refractivity contribution < 1.29 is 0 Å². The van der Waals surface area contributed by atoms with E-state index in [-0.39, 0.29) is 0 Å². The molecule has 0 spiro atoms. The maximum Gasteiger partial charge on any atom is 0.156 e. The van der Waals surface area contributed by atoms with E-state index >= 15 is 0 Å². The molecule has 0 bridgehead atoms. The Morgan fingerprint density at radius 1 is 1.64 bits per heavy atom. The van der Waals surface area contributed by atoms with Crippen LogP contribution in [-0.2, 0) is 0 Å². The molecule has 14 heavy (non-hydrogen) atoms. The van der Waals surface area contributed by atoms with Crippen molar-refractivity contribution in [2.75, 3.05) is 27.2 Å². The van der Waals surface area contributed by atoms with Crippen molar-refractivity contribution in [2.45, 2.75) is 31.6 Å². The molecule has 2 atom stereocenters. The van der Waals surface area contributed by atoms with Crippen molar-refractivity contribution in [3.8, 4) is 0 Å². The zero-order valence-electron chi connectivity index (χ0n) is 9.58. The summed E-state index contributed by atoms with van der Waals surface area (Å²) in [5.74, 6) is 0. The summed E-state index contributed by atoms with van der Waals surface area (Å²) < 4.78 is 0. The predicted octanol–water partition coefficient (Wildman–Crippen LogP) is 1.41. The molecule has 0 aromatic rings. The molecule has 3 nitrogen and oxygen atoms in total. The van der Waals surface area contributed by atoms with E-state index in [2.05, 4.69) is 43.2 Å². The second kappa shape index (κ2) is 5.61. The number of amidine groups is 1. The van der Waals surface area contributed by atoms with Gasteiger partial charge < -0.3 is 10.2 Å². The monoisotopic (exact) mass is 215 g/mol. The molecule has 1 aliphatic rings. The Morgan fingerprint density at radius 2 is 2.36 bits per heavy atom. The van der Waals surface area contributed by atoms with E-state index in [0.717, 1.165) is 18.3 Å². The van der Waals surface area contributed by atoms with E-state index < -0.39 is 0 Å². The Kier molecular flexibility index (Phi) is 4.75. The molecule has 0 saturated carbocycles. The van der Waals surface area contributed by atoms with Gasteiger partial charge in [-0.2, -0.15) is 0 Å². The van der Waals surface area contributed by atoms with Crippen LogP contribution in [0.1, 0.15) is 20.3 Å². The highest BCUT2D eigenvalue weighted by atomic mass is 32.2. The molecule has 1 heterocycles. The first-order valence-electron chi connectivity index (χ1n) is 5.25. The van der Waals surface area contributed by atoms with Crippen LogP contribution in [0.2, 0.25) is 0 Å². The van der Waals surface area contributed by atoms with Crippen molar-refractivity contribution in [1.82, 2.24) is 10.2 Å². The predicted molar refractivity (Wildman–Crippen MR) is 65.1 cm³/mol. The highest BCUT2D eigenvalue weighted by Gasteiger charge is 2.17. The number of thioether (sulfide) groups is 1. The van der Waals surface area contributed by atoms with Gasteiger partial charge >= 0.3 is 0 Å². The van der Waals surface area contributed by atoms with Gasteiger partial charge in [0, 0.05) is 17.8 Å². The van der Waals surface area contributed by atoms with Gasteiger partial charge in [0.2, 0.25) is 0 Å². The molecule has 82 valence electrons. The van der Waals surface area contributed by atoms with E-state index in [1.54, 1.807) is 0 Å². The van der Waals surface area contributed by atoms with Gasteiger partial charge in [-0.3, -0.25) is 4.99 Å². The number of hydrogen-bond acceptors (Lipinski definition) is 4. The van der Waals surface area contributed by atoms with Gasteiger partial charge in [0.15, 0.2) is 5.17 Å². The summed E-state index contributed by atoms with van der Waals surface area (Å²) in [6.45, 7) is 6.40. The summed E-state index contributed by atoms with van der Waals surface area (Å²) in [6, 6.07) is 0.555. The van der Waals surface area contributed by atoms with Crippen molar-refractivity contribution in [3.05, 3.63) is 0 Å². The second-order valence-corrected chi connectivity index (χ2v) is 5.28. The van der Waals surface area contributed by atoms with E-state index in [4.69, 9.17) is 0 Å². The Hall–Kier alpha value is -0.220. The van der Waals surface area contributed by atoms with Crippen LogP contribution in [0.15, 0.2) is 4.99 Å². The van der Waals surface area contributed by atoms with Crippen LogP contribution in [-0.4, -0.2) is 48.5 Å². The summed E-state index contributed by atoms with van der Waals surface area (Å²) in [4.78, 5) is 6.68. The van der Waals surface area contributed by atoms with E-state index in [0.29, 0.717) is 11.3 Å². The maximum atomic E-state index is 4.47. The van der Waals surface area contributed by atoms with E-state index in [1.165, 1.54) is 6.42 Å². The molecule has 0 radical (unpaired) electrons. The largest absolute Gasteiger partial charge is 0.363 e. The third kappa shape index (κ3) is 3.50. The first-order chi connectivity index (χ1) is 6.63. The van der Waals surface area contributed by atoms with Crippen LogP contribution < -0.4 is 5.32 Å². The normalized spacial score (nSPS) is 23.8. The van der Waals surface area contributed by atoms with Gasteiger partial charge in [0.1, 0.15) is 0 Å². The van der Waals surface area contributed by atoms with Crippen LogP contribution in [0.5, 0.6) is 0 Å². The minimum atomic E-state index is 0.555. The van der Waals surface area contributed by atoms with Crippen LogP contribution in [0.25, 0.3) is 0 Å². The minimum Gasteiger partial charge on any atom is -0.363 e. The third-order valence-corrected chi connectivity index (χ3v) is 3.91. The van der Waals surface area contributed by atoms with E-state index in [1.807, 2.05) is 11.8 Å². The lowest BCUT2D eigenvalue weighted by Gasteiger charge is -2.20. The molecule has 4 heteroatoms. The number of aliphatic imine (C=N–C) groups is 1. The Labute approximate surface area is 91.3 Å². The molecule has 0 amide bonds. The van der Waals surface area contributed by atoms with E-state index in [9.17, 15) is 0 Å². The van der Waals surface area contributed by atoms with Gasteiger partial charge in [0.25, 0.3) is 0 Å². The fraction of sp³-hybridized carbons (Fsp3) is 0.900. The molecule has 2 unspecified atom stereocenters. The van der Waals surface area contributed by atoms with Crippen molar-refractivity contribution in [1.29, 1.82) is 0 Å². The molecule has 0 saturated heterocycles. The summed E-state index contributed by atoms with van der Waals surface area (Å²) >= 11 is 1.88. The summed E-state index contributed by atoms with van der Waals surface area (Å²) in [7, 11) is 4.20. The number of likely N-dealkylation sites (N-methyl/N-ethyl adjacent to an activating group) is 1. The minimum absolute atomic E-state index is 0.555. The molecule has 0 aromatic heterocycles. The third-order valence-electron chi connectivity index (χ3n) is 2.60. The van der Waals surface area contributed by atoms with Gasteiger partial charge in [-0.15, -0.1) is 0 Å². The zero-order valence-corrected chi connectivity index (χ0v) is 10.4.